The summed E-state index contributed by atoms with van der Waals surface area (Å²) >= 11 is 0. The van der Waals surface area contributed by atoms with Gasteiger partial charge in [-0.3, -0.25) is 4.79 Å². The summed E-state index contributed by atoms with van der Waals surface area (Å²) in [5.41, 5.74) is 0. The standard InChI is InChI=1S/C38H75NO5/c1-3-5-7-9-11-12-13-14-15-16-17-18-19-20-21-22-23-24-25-26-28-30-32-36(42)38(44)39-34(33-40)37(43)35(41)31-29-27-10-8-6-4-2/h8,10,34-37,40-43H,3-7,9,11-33H2,1-2H3,(H,39,44)/b10-8+. The zero-order chi connectivity index (χ0) is 32.5. The Labute approximate surface area is 272 Å². The summed E-state index contributed by atoms with van der Waals surface area (Å²) in [4.78, 5) is 12.4. The third-order valence-corrected chi connectivity index (χ3v) is 8.96. The van der Waals surface area contributed by atoms with Crippen molar-refractivity contribution in [1.29, 1.82) is 0 Å². The lowest BCUT2D eigenvalue weighted by Crippen LogP contribution is -2.53. The van der Waals surface area contributed by atoms with Crippen LogP contribution in [0.3, 0.4) is 0 Å². The van der Waals surface area contributed by atoms with Crippen molar-refractivity contribution in [3.8, 4) is 0 Å². The monoisotopic (exact) mass is 626 g/mol. The Morgan fingerprint density at radius 3 is 1.36 bits per heavy atom. The molecule has 0 aromatic carbocycles. The van der Waals surface area contributed by atoms with Crippen molar-refractivity contribution in [2.24, 2.45) is 0 Å². The lowest BCUT2D eigenvalue weighted by Gasteiger charge is -2.27. The molecule has 0 aromatic heterocycles. The molecule has 4 atom stereocenters. The second-order valence-corrected chi connectivity index (χ2v) is 13.3. The minimum Gasteiger partial charge on any atom is -0.394 e. The number of nitrogens with one attached hydrogen (secondary N) is 1. The van der Waals surface area contributed by atoms with Crippen molar-refractivity contribution in [3.63, 3.8) is 0 Å². The molecule has 6 heteroatoms. The van der Waals surface area contributed by atoms with E-state index < -0.39 is 36.9 Å². The van der Waals surface area contributed by atoms with E-state index in [4.69, 9.17) is 0 Å². The van der Waals surface area contributed by atoms with Crippen molar-refractivity contribution in [2.75, 3.05) is 6.61 Å². The van der Waals surface area contributed by atoms with Gasteiger partial charge in [0.1, 0.15) is 12.2 Å². The summed E-state index contributed by atoms with van der Waals surface area (Å²) in [6.45, 7) is 3.91. The van der Waals surface area contributed by atoms with Crippen LogP contribution < -0.4 is 5.32 Å². The molecule has 5 N–H and O–H groups in total. The smallest absolute Gasteiger partial charge is 0.249 e. The molecular formula is C38H75NO5. The molecule has 0 bridgehead atoms. The second-order valence-electron chi connectivity index (χ2n) is 13.3. The fourth-order valence-corrected chi connectivity index (χ4v) is 5.88. The Kier molecular flexibility index (Phi) is 32.7. The second kappa shape index (κ2) is 33.4. The van der Waals surface area contributed by atoms with Gasteiger partial charge in [-0.15, -0.1) is 0 Å². The van der Waals surface area contributed by atoms with Gasteiger partial charge in [0, 0.05) is 0 Å². The third-order valence-electron chi connectivity index (χ3n) is 8.96. The minimum absolute atomic E-state index is 0.367. The van der Waals surface area contributed by atoms with Crippen LogP contribution in [0.25, 0.3) is 0 Å². The summed E-state index contributed by atoms with van der Waals surface area (Å²) in [5, 5.41) is 43.0. The molecule has 0 aliphatic carbocycles. The predicted molar refractivity (Wildman–Crippen MR) is 187 cm³/mol. The maximum Gasteiger partial charge on any atom is 0.249 e. The number of rotatable bonds is 34. The van der Waals surface area contributed by atoms with E-state index in [0.717, 1.165) is 38.5 Å². The molecule has 6 nitrogen and oxygen atoms in total. The van der Waals surface area contributed by atoms with Gasteiger partial charge in [0.2, 0.25) is 5.91 Å². The summed E-state index contributed by atoms with van der Waals surface area (Å²) < 4.78 is 0. The number of unbranched alkanes of at least 4 members (excludes halogenated alkanes) is 23. The molecule has 0 aromatic rings. The highest BCUT2D eigenvalue weighted by atomic mass is 16.3. The van der Waals surface area contributed by atoms with Crippen LogP contribution in [-0.2, 0) is 4.79 Å². The average Bonchev–Trinajstić information content (AvgIpc) is 3.03. The van der Waals surface area contributed by atoms with Crippen molar-refractivity contribution in [2.45, 2.75) is 218 Å². The van der Waals surface area contributed by atoms with Crippen LogP contribution in [0.15, 0.2) is 12.2 Å². The van der Waals surface area contributed by atoms with Crippen LogP contribution >= 0.6 is 0 Å². The Morgan fingerprint density at radius 1 is 0.545 bits per heavy atom. The van der Waals surface area contributed by atoms with E-state index in [1.54, 1.807) is 0 Å². The lowest BCUT2D eigenvalue weighted by atomic mass is 10.00. The fourth-order valence-electron chi connectivity index (χ4n) is 5.88. The van der Waals surface area contributed by atoms with Crippen LogP contribution in [0, 0.1) is 0 Å². The molecule has 0 spiro atoms. The molecule has 0 saturated heterocycles. The molecule has 0 rings (SSSR count). The number of aliphatic hydroxyl groups is 4. The van der Waals surface area contributed by atoms with Gasteiger partial charge in [-0.25, -0.2) is 0 Å². The van der Waals surface area contributed by atoms with E-state index in [0.29, 0.717) is 19.3 Å². The maximum atomic E-state index is 12.4. The van der Waals surface area contributed by atoms with Crippen molar-refractivity contribution < 1.29 is 25.2 Å². The van der Waals surface area contributed by atoms with Gasteiger partial charge in [0.25, 0.3) is 0 Å². The average molecular weight is 626 g/mol. The van der Waals surface area contributed by atoms with E-state index >= 15 is 0 Å². The lowest BCUT2D eigenvalue weighted by molar-refractivity contribution is -0.132. The van der Waals surface area contributed by atoms with Gasteiger partial charge >= 0.3 is 0 Å². The van der Waals surface area contributed by atoms with Gasteiger partial charge in [-0.05, 0) is 32.1 Å². The van der Waals surface area contributed by atoms with Crippen molar-refractivity contribution in [3.05, 3.63) is 12.2 Å². The maximum absolute atomic E-state index is 12.4. The summed E-state index contributed by atoms with van der Waals surface area (Å²) in [5.74, 6) is -0.596. The fraction of sp³-hybridized carbons (Fsp3) is 0.921. The van der Waals surface area contributed by atoms with Crippen LogP contribution in [0.2, 0.25) is 0 Å². The molecule has 4 unspecified atom stereocenters. The van der Waals surface area contributed by atoms with Crippen molar-refractivity contribution >= 4 is 5.91 Å². The molecule has 0 aliphatic rings. The normalized spacial score (nSPS) is 14.6. The number of carbonyl (C=O) groups excluding carboxylic acids is 1. The Morgan fingerprint density at radius 2 is 0.955 bits per heavy atom. The van der Waals surface area contributed by atoms with E-state index in [-0.39, 0.29) is 0 Å². The molecular weight excluding hydrogens is 550 g/mol. The molecule has 0 heterocycles. The largest absolute Gasteiger partial charge is 0.394 e. The molecule has 44 heavy (non-hydrogen) atoms. The third kappa shape index (κ3) is 27.4. The number of hydrogen-bond acceptors (Lipinski definition) is 5. The van der Waals surface area contributed by atoms with Gasteiger partial charge < -0.3 is 25.7 Å². The van der Waals surface area contributed by atoms with Crippen LogP contribution in [-0.4, -0.2) is 57.3 Å². The summed E-state index contributed by atoms with van der Waals surface area (Å²) in [6.07, 6.45) is 34.3. The molecule has 0 fully saturated rings. The highest BCUT2D eigenvalue weighted by Gasteiger charge is 2.28. The first kappa shape index (κ1) is 43.0. The zero-order valence-electron chi connectivity index (χ0n) is 29.2. The molecule has 1 amide bonds. The zero-order valence-corrected chi connectivity index (χ0v) is 29.2. The first-order chi connectivity index (χ1) is 21.5. The SMILES string of the molecule is CCC/C=C/CCCC(O)C(O)C(CO)NC(=O)C(O)CCCCCCCCCCCCCCCCCCCCCCCC. The molecule has 0 radical (unpaired) electrons. The molecule has 262 valence electrons. The van der Waals surface area contributed by atoms with E-state index in [2.05, 4.69) is 31.3 Å². The van der Waals surface area contributed by atoms with Gasteiger partial charge in [0.05, 0.1) is 18.8 Å². The van der Waals surface area contributed by atoms with Gasteiger partial charge in [0.15, 0.2) is 0 Å². The Balaban J connectivity index is 3.62. The quantitative estimate of drug-likeness (QED) is 0.0362. The topological polar surface area (TPSA) is 110 Å². The Hall–Kier alpha value is -0.950. The predicted octanol–water partition coefficient (Wildman–Crippen LogP) is 9.07. The number of carbonyl (C=O) groups is 1. The highest BCUT2D eigenvalue weighted by molar-refractivity contribution is 5.80. The highest BCUT2D eigenvalue weighted by Crippen LogP contribution is 2.16. The number of aliphatic hydroxyl groups excluding tert-OH is 4. The van der Waals surface area contributed by atoms with Gasteiger partial charge in [-0.1, -0.05) is 174 Å². The first-order valence-corrected chi connectivity index (χ1v) is 19.1. The van der Waals surface area contributed by atoms with Crippen LogP contribution in [0.5, 0.6) is 0 Å². The van der Waals surface area contributed by atoms with Crippen LogP contribution in [0.4, 0.5) is 0 Å². The first-order valence-electron chi connectivity index (χ1n) is 19.1. The van der Waals surface area contributed by atoms with E-state index in [9.17, 15) is 25.2 Å². The molecule has 0 saturated carbocycles. The number of allylic oxidation sites excluding steroid dienone is 2. The summed E-state index contributed by atoms with van der Waals surface area (Å²) in [6, 6.07) is -0.993. The van der Waals surface area contributed by atoms with E-state index in [1.165, 1.54) is 122 Å². The molecule has 0 aliphatic heterocycles. The number of amides is 1. The van der Waals surface area contributed by atoms with E-state index in [1.807, 2.05) is 0 Å². The van der Waals surface area contributed by atoms with Gasteiger partial charge in [-0.2, -0.15) is 0 Å². The van der Waals surface area contributed by atoms with Crippen molar-refractivity contribution in [1.82, 2.24) is 5.32 Å². The van der Waals surface area contributed by atoms with Crippen LogP contribution in [0.1, 0.15) is 194 Å². The number of hydrogen-bond donors (Lipinski definition) is 5. The summed E-state index contributed by atoms with van der Waals surface area (Å²) in [7, 11) is 0. The Bertz CT molecular complexity index is 628. The minimum atomic E-state index is -1.27.